The lowest BCUT2D eigenvalue weighted by Crippen LogP contribution is -2.03. The van der Waals surface area contributed by atoms with Crippen molar-refractivity contribution in [2.75, 3.05) is 0 Å². The summed E-state index contributed by atoms with van der Waals surface area (Å²) < 4.78 is 2.50. The number of aliphatic hydroxyl groups is 1. The fourth-order valence-electron chi connectivity index (χ4n) is 1.86. The minimum absolute atomic E-state index is 0.214. The highest BCUT2D eigenvalue weighted by Crippen LogP contribution is 2.38. The van der Waals surface area contributed by atoms with Crippen molar-refractivity contribution in [3.63, 3.8) is 0 Å². The molecular formula is C12H14BrClN2OS. The summed E-state index contributed by atoms with van der Waals surface area (Å²) >= 11 is 11.2. The van der Waals surface area contributed by atoms with E-state index in [9.17, 15) is 5.11 Å². The first-order valence-corrected chi connectivity index (χ1v) is 7.66. The lowest BCUT2D eigenvalue weighted by molar-refractivity contribution is 0.218. The number of halogens is 2. The van der Waals surface area contributed by atoms with Gasteiger partial charge >= 0.3 is 0 Å². The molecule has 0 aliphatic rings. The Kier molecular flexibility index (Phi) is 4.16. The first-order chi connectivity index (χ1) is 8.43. The Hall–Kier alpha value is -0.360. The molecule has 0 radical (unpaired) electrons. The second-order valence-corrected chi connectivity index (χ2v) is 6.40. The molecule has 2 aromatic rings. The van der Waals surface area contributed by atoms with Crippen molar-refractivity contribution in [1.29, 1.82) is 0 Å². The van der Waals surface area contributed by atoms with E-state index in [0.717, 1.165) is 15.7 Å². The summed E-state index contributed by atoms with van der Waals surface area (Å²) in [5.41, 5.74) is 2.37. The second-order valence-electron chi connectivity index (χ2n) is 4.45. The van der Waals surface area contributed by atoms with Crippen LogP contribution in [0.3, 0.4) is 0 Å². The summed E-state index contributed by atoms with van der Waals surface area (Å²) in [6.07, 6.45) is -0.746. The molecule has 0 saturated carbocycles. The van der Waals surface area contributed by atoms with Crippen LogP contribution in [0, 0.1) is 0 Å². The van der Waals surface area contributed by atoms with E-state index < -0.39 is 6.10 Å². The zero-order chi connectivity index (χ0) is 13.4. The first kappa shape index (κ1) is 14.1. The minimum atomic E-state index is -0.746. The van der Waals surface area contributed by atoms with Crippen molar-refractivity contribution in [3.8, 4) is 0 Å². The van der Waals surface area contributed by atoms with Crippen LogP contribution < -0.4 is 0 Å². The molecule has 98 valence electrons. The third kappa shape index (κ3) is 2.37. The van der Waals surface area contributed by atoms with E-state index in [1.165, 1.54) is 11.3 Å². The molecule has 3 nitrogen and oxygen atoms in total. The standard InChI is InChI=1S/C12H14BrClN2OS/c1-6(2)10-9(12(14)16(3)15-10)11(17)7-4-18-5-8(7)13/h4-6,11,17H,1-3H3. The lowest BCUT2D eigenvalue weighted by atomic mass is 9.99. The zero-order valence-electron chi connectivity index (χ0n) is 10.3. The molecule has 0 aliphatic heterocycles. The Bertz CT molecular complexity index is 564. The fraction of sp³-hybridized carbons (Fsp3) is 0.417. The van der Waals surface area contributed by atoms with Crippen molar-refractivity contribution < 1.29 is 5.11 Å². The third-order valence-corrected chi connectivity index (χ3v) is 5.00. The molecule has 1 unspecified atom stereocenters. The summed E-state index contributed by atoms with van der Waals surface area (Å²) in [6.45, 7) is 4.08. The largest absolute Gasteiger partial charge is 0.383 e. The van der Waals surface area contributed by atoms with Crippen molar-refractivity contribution in [3.05, 3.63) is 37.2 Å². The van der Waals surface area contributed by atoms with Gasteiger partial charge < -0.3 is 5.11 Å². The Balaban J connectivity index is 2.54. The maximum Gasteiger partial charge on any atom is 0.133 e. The van der Waals surface area contributed by atoms with Gasteiger partial charge in [-0.1, -0.05) is 25.4 Å². The molecule has 0 aromatic carbocycles. The zero-order valence-corrected chi connectivity index (χ0v) is 13.5. The number of hydrogen-bond donors (Lipinski definition) is 1. The Morgan fingerprint density at radius 1 is 1.44 bits per heavy atom. The number of rotatable bonds is 3. The molecule has 2 aromatic heterocycles. The van der Waals surface area contributed by atoms with Crippen LogP contribution in [0.2, 0.25) is 5.15 Å². The van der Waals surface area contributed by atoms with E-state index in [1.54, 1.807) is 11.7 Å². The molecule has 18 heavy (non-hydrogen) atoms. The van der Waals surface area contributed by atoms with E-state index in [2.05, 4.69) is 21.0 Å². The number of aliphatic hydroxyl groups excluding tert-OH is 1. The molecule has 0 spiro atoms. The quantitative estimate of drug-likeness (QED) is 0.906. The second kappa shape index (κ2) is 5.33. The SMILES string of the molecule is CC(C)c1nn(C)c(Cl)c1C(O)c1cscc1Br. The average Bonchev–Trinajstić information content (AvgIpc) is 2.84. The highest BCUT2D eigenvalue weighted by atomic mass is 79.9. The third-order valence-electron chi connectivity index (χ3n) is 2.80. The molecule has 0 bridgehead atoms. The molecule has 1 atom stereocenters. The Morgan fingerprint density at radius 2 is 2.11 bits per heavy atom. The number of aryl methyl sites for hydroxylation is 1. The van der Waals surface area contributed by atoms with Crippen molar-refractivity contribution in [1.82, 2.24) is 9.78 Å². The van der Waals surface area contributed by atoms with Gasteiger partial charge in [-0.05, 0) is 27.2 Å². The summed E-state index contributed by atoms with van der Waals surface area (Å²) in [5.74, 6) is 0.214. The van der Waals surface area contributed by atoms with Crippen LogP contribution in [-0.4, -0.2) is 14.9 Å². The van der Waals surface area contributed by atoms with E-state index in [1.807, 2.05) is 24.6 Å². The van der Waals surface area contributed by atoms with Gasteiger partial charge in [0.05, 0.1) is 5.69 Å². The Labute approximate surface area is 124 Å². The lowest BCUT2D eigenvalue weighted by Gasteiger charge is -2.12. The van der Waals surface area contributed by atoms with Crippen LogP contribution in [0.5, 0.6) is 0 Å². The van der Waals surface area contributed by atoms with Crippen molar-refractivity contribution >= 4 is 38.9 Å². The topological polar surface area (TPSA) is 38.0 Å². The predicted molar refractivity (Wildman–Crippen MR) is 78.4 cm³/mol. The number of hydrogen-bond acceptors (Lipinski definition) is 3. The summed E-state index contributed by atoms with van der Waals surface area (Å²) in [6, 6.07) is 0. The van der Waals surface area contributed by atoms with E-state index in [4.69, 9.17) is 11.6 Å². The number of thiophene rings is 1. The maximum atomic E-state index is 10.5. The van der Waals surface area contributed by atoms with E-state index in [0.29, 0.717) is 10.7 Å². The molecular weight excluding hydrogens is 336 g/mol. The molecule has 0 aliphatic carbocycles. The average molecular weight is 350 g/mol. The predicted octanol–water partition coefficient (Wildman–Crippen LogP) is 4.10. The summed E-state index contributed by atoms with van der Waals surface area (Å²) in [4.78, 5) is 0. The van der Waals surface area contributed by atoms with Crippen molar-refractivity contribution in [2.24, 2.45) is 7.05 Å². The molecule has 6 heteroatoms. The van der Waals surface area contributed by atoms with Gasteiger partial charge in [0.25, 0.3) is 0 Å². The number of aromatic nitrogens is 2. The van der Waals surface area contributed by atoms with Crippen LogP contribution in [-0.2, 0) is 7.05 Å². The van der Waals surface area contributed by atoms with Gasteiger partial charge in [-0.15, -0.1) is 0 Å². The van der Waals surface area contributed by atoms with Gasteiger partial charge in [-0.25, -0.2) is 0 Å². The minimum Gasteiger partial charge on any atom is -0.383 e. The highest BCUT2D eigenvalue weighted by molar-refractivity contribution is 9.10. The van der Waals surface area contributed by atoms with Gasteiger partial charge in [0, 0.05) is 28.0 Å². The first-order valence-electron chi connectivity index (χ1n) is 5.55. The Morgan fingerprint density at radius 3 is 2.61 bits per heavy atom. The van der Waals surface area contributed by atoms with Gasteiger partial charge in [-0.2, -0.15) is 16.4 Å². The van der Waals surface area contributed by atoms with Crippen LogP contribution in [0.15, 0.2) is 15.2 Å². The normalized spacial score (nSPS) is 13.3. The van der Waals surface area contributed by atoms with Crippen LogP contribution in [0.25, 0.3) is 0 Å². The van der Waals surface area contributed by atoms with E-state index >= 15 is 0 Å². The smallest absolute Gasteiger partial charge is 0.133 e. The highest BCUT2D eigenvalue weighted by Gasteiger charge is 2.26. The molecule has 2 rings (SSSR count). The van der Waals surface area contributed by atoms with Gasteiger partial charge in [-0.3, -0.25) is 4.68 Å². The van der Waals surface area contributed by atoms with Crippen LogP contribution in [0.1, 0.15) is 42.7 Å². The van der Waals surface area contributed by atoms with Crippen LogP contribution in [0.4, 0.5) is 0 Å². The molecule has 2 heterocycles. The fourth-order valence-corrected chi connectivity index (χ4v) is 3.63. The molecule has 0 fully saturated rings. The van der Waals surface area contributed by atoms with Crippen LogP contribution >= 0.6 is 38.9 Å². The van der Waals surface area contributed by atoms with Gasteiger partial charge in [0.15, 0.2) is 0 Å². The summed E-state index contributed by atoms with van der Waals surface area (Å²) in [7, 11) is 1.78. The van der Waals surface area contributed by atoms with Gasteiger partial charge in [0.2, 0.25) is 0 Å². The van der Waals surface area contributed by atoms with Crippen molar-refractivity contribution in [2.45, 2.75) is 25.9 Å². The number of nitrogens with zero attached hydrogens (tertiary/aromatic N) is 2. The monoisotopic (exact) mass is 348 g/mol. The summed E-state index contributed by atoms with van der Waals surface area (Å²) in [5, 5.41) is 19.3. The van der Waals surface area contributed by atoms with Gasteiger partial charge in [0.1, 0.15) is 11.3 Å². The molecule has 0 saturated heterocycles. The maximum absolute atomic E-state index is 10.5. The molecule has 0 amide bonds. The molecule has 1 N–H and O–H groups in total. The van der Waals surface area contributed by atoms with E-state index in [-0.39, 0.29) is 5.92 Å².